The summed E-state index contributed by atoms with van der Waals surface area (Å²) < 4.78 is 26.1. The number of aromatic nitrogens is 2. The van der Waals surface area contributed by atoms with Crippen molar-refractivity contribution < 1.29 is 13.2 Å². The molecule has 2 aromatic rings. The Morgan fingerprint density at radius 3 is 2.44 bits per heavy atom. The minimum Gasteiger partial charge on any atom is -0.383 e. The Bertz CT molecular complexity index is 1180. The Kier molecular flexibility index (Phi) is 8.43. The van der Waals surface area contributed by atoms with E-state index in [2.05, 4.69) is 9.71 Å². The highest BCUT2D eigenvalue weighted by Crippen LogP contribution is 2.25. The smallest absolute Gasteiger partial charge is 0.330 e. The van der Waals surface area contributed by atoms with Crippen molar-refractivity contribution in [3.8, 4) is 0 Å². The van der Waals surface area contributed by atoms with E-state index in [9.17, 15) is 22.8 Å². The van der Waals surface area contributed by atoms with E-state index in [0.29, 0.717) is 17.8 Å². The van der Waals surface area contributed by atoms with Crippen molar-refractivity contribution in [3.63, 3.8) is 0 Å². The zero-order chi connectivity index (χ0) is 24.2. The number of carbonyl (C=O) groups is 1. The molecule has 1 amide bonds. The van der Waals surface area contributed by atoms with Crippen molar-refractivity contribution in [2.24, 2.45) is 11.8 Å². The second-order valence-corrected chi connectivity index (χ2v) is 11.5. The van der Waals surface area contributed by atoms with Gasteiger partial charge in [0, 0.05) is 24.5 Å². The zero-order valence-corrected chi connectivity index (χ0v) is 20.6. The van der Waals surface area contributed by atoms with Crippen LogP contribution in [0.5, 0.6) is 0 Å². The highest BCUT2D eigenvalue weighted by atomic mass is 32.2. The molecule has 0 atom stereocenters. The third-order valence-corrected chi connectivity index (χ3v) is 6.29. The quantitative estimate of drug-likeness (QED) is 0.461. The first-order valence-corrected chi connectivity index (χ1v) is 13.0. The monoisotopic (exact) mass is 485 g/mol. The number of nitrogens with two attached hydrogens (primary N) is 1. The lowest BCUT2D eigenvalue weighted by Gasteiger charge is -2.26. The van der Waals surface area contributed by atoms with E-state index in [0.717, 1.165) is 11.1 Å². The number of thiophene rings is 1. The van der Waals surface area contributed by atoms with E-state index in [1.807, 2.05) is 27.7 Å². The number of sulfonamides is 1. The van der Waals surface area contributed by atoms with Crippen molar-refractivity contribution in [3.05, 3.63) is 42.7 Å². The molecule has 2 rings (SSSR count). The fourth-order valence-electron chi connectivity index (χ4n) is 3.15. The Morgan fingerprint density at radius 2 is 1.88 bits per heavy atom. The van der Waals surface area contributed by atoms with Gasteiger partial charge in [0.2, 0.25) is 10.0 Å². The summed E-state index contributed by atoms with van der Waals surface area (Å²) in [4.78, 5) is 43.2. The Hall–Kier alpha value is -2.44. The first-order chi connectivity index (χ1) is 14.8. The molecule has 4 N–H and O–H groups in total. The predicted octanol–water partition coefficient (Wildman–Crippen LogP) is 1.23. The summed E-state index contributed by atoms with van der Waals surface area (Å²) in [5, 5.41) is 0. The van der Waals surface area contributed by atoms with Gasteiger partial charge in [-0.25, -0.2) is 17.9 Å². The Balaban J connectivity index is 2.42. The van der Waals surface area contributed by atoms with Crippen molar-refractivity contribution in [2.45, 2.75) is 40.7 Å². The number of nitrogens with one attached hydrogen (secondary N) is 2. The molecule has 0 saturated carbocycles. The lowest BCUT2D eigenvalue weighted by molar-refractivity contribution is 0.0987. The van der Waals surface area contributed by atoms with Crippen LogP contribution in [0.3, 0.4) is 0 Å². The Labute approximate surface area is 191 Å². The minimum absolute atomic E-state index is 0.0293. The highest BCUT2D eigenvalue weighted by molar-refractivity contribution is 7.88. The molecule has 0 aromatic carbocycles. The van der Waals surface area contributed by atoms with Crippen LogP contribution >= 0.6 is 11.3 Å². The molecule has 32 heavy (non-hydrogen) atoms. The number of nitrogen functional groups attached to an aromatic ring is 1. The number of nitrogens with zero attached hydrogens (tertiary/aromatic N) is 2. The average molecular weight is 486 g/mol. The van der Waals surface area contributed by atoms with Crippen LogP contribution in [0.4, 0.5) is 11.5 Å². The number of aromatic amines is 1. The van der Waals surface area contributed by atoms with E-state index in [1.165, 1.54) is 20.8 Å². The molecule has 0 aliphatic heterocycles. The van der Waals surface area contributed by atoms with Crippen LogP contribution in [0.25, 0.3) is 0 Å². The molecule has 2 aromatic heterocycles. The van der Waals surface area contributed by atoms with Crippen LogP contribution in [-0.4, -0.2) is 43.2 Å². The van der Waals surface area contributed by atoms with Crippen LogP contribution in [-0.2, 0) is 23.0 Å². The first-order valence-electron chi connectivity index (χ1n) is 10.3. The molecule has 2 heterocycles. The molecule has 12 heteroatoms. The van der Waals surface area contributed by atoms with Gasteiger partial charge in [-0.1, -0.05) is 27.7 Å². The molecule has 0 fully saturated rings. The van der Waals surface area contributed by atoms with Gasteiger partial charge in [0.15, 0.2) is 5.69 Å². The van der Waals surface area contributed by atoms with Crippen LogP contribution in [0.15, 0.2) is 21.7 Å². The molecule has 0 aliphatic rings. The molecule has 0 saturated heterocycles. The van der Waals surface area contributed by atoms with Gasteiger partial charge in [-0.2, -0.15) is 0 Å². The lowest BCUT2D eigenvalue weighted by atomic mass is 10.2. The topological polar surface area (TPSA) is 147 Å². The predicted molar refractivity (Wildman–Crippen MR) is 128 cm³/mol. The standard InChI is InChI=1S/C20H31N5O5S2/c1-12(2)10-24(16-17(21)25(11-13(3)4)20(28)23-18(16)26)19(27)15-7-6-14(31-15)8-9-22-32(5,29)30/h6-7,12-13,22H,8-11,21H2,1-5H3,(H,23,26,28). The number of hydrogen-bond acceptors (Lipinski definition) is 7. The molecule has 178 valence electrons. The molecular formula is C20H31N5O5S2. The van der Waals surface area contributed by atoms with E-state index in [4.69, 9.17) is 5.73 Å². The fraction of sp³-hybridized carbons (Fsp3) is 0.550. The maximum absolute atomic E-state index is 13.4. The van der Waals surface area contributed by atoms with Gasteiger partial charge in [0.25, 0.3) is 11.5 Å². The highest BCUT2D eigenvalue weighted by Gasteiger charge is 2.27. The average Bonchev–Trinajstić information content (AvgIpc) is 3.11. The van der Waals surface area contributed by atoms with E-state index in [1.54, 1.807) is 12.1 Å². The number of rotatable bonds is 10. The van der Waals surface area contributed by atoms with Crippen LogP contribution in [0.2, 0.25) is 0 Å². The summed E-state index contributed by atoms with van der Waals surface area (Å²) in [7, 11) is -3.29. The third-order valence-electron chi connectivity index (χ3n) is 4.43. The van der Waals surface area contributed by atoms with E-state index in [-0.39, 0.29) is 36.4 Å². The van der Waals surface area contributed by atoms with Gasteiger partial charge < -0.3 is 5.73 Å². The van der Waals surface area contributed by atoms with E-state index >= 15 is 0 Å². The summed E-state index contributed by atoms with van der Waals surface area (Å²) in [5.41, 5.74) is 4.86. The summed E-state index contributed by atoms with van der Waals surface area (Å²) in [6.45, 7) is 8.40. The molecule has 0 bridgehead atoms. The number of hydrogen-bond donors (Lipinski definition) is 3. The van der Waals surface area contributed by atoms with Gasteiger partial charge in [-0.15, -0.1) is 11.3 Å². The Morgan fingerprint density at radius 1 is 1.22 bits per heavy atom. The number of carbonyl (C=O) groups excluding carboxylic acids is 1. The first kappa shape index (κ1) is 25.8. The van der Waals surface area contributed by atoms with Crippen molar-refractivity contribution >= 4 is 38.8 Å². The lowest BCUT2D eigenvalue weighted by Crippen LogP contribution is -2.42. The second kappa shape index (κ2) is 10.5. The molecule has 0 unspecified atom stereocenters. The molecule has 0 spiro atoms. The van der Waals surface area contributed by atoms with Gasteiger partial charge >= 0.3 is 5.69 Å². The van der Waals surface area contributed by atoms with Gasteiger partial charge in [-0.3, -0.25) is 24.0 Å². The van der Waals surface area contributed by atoms with E-state index < -0.39 is 27.2 Å². The number of anilines is 2. The normalized spacial score (nSPS) is 12.0. The summed E-state index contributed by atoms with van der Waals surface area (Å²) in [6.07, 6.45) is 1.51. The van der Waals surface area contributed by atoms with Crippen molar-refractivity contribution in [1.29, 1.82) is 0 Å². The van der Waals surface area contributed by atoms with Gasteiger partial charge in [0.05, 0.1) is 11.1 Å². The van der Waals surface area contributed by atoms with Crippen LogP contribution in [0, 0.1) is 11.8 Å². The minimum atomic E-state index is -3.29. The summed E-state index contributed by atoms with van der Waals surface area (Å²) in [5.74, 6) is -0.321. The second-order valence-electron chi connectivity index (χ2n) is 8.49. The SMILES string of the molecule is CC(C)CN(C(=O)c1ccc(CCNS(C)(=O)=O)s1)c1c(N)n(CC(C)C)c(=O)[nH]c1=O. The molecule has 10 nitrogen and oxygen atoms in total. The van der Waals surface area contributed by atoms with Crippen LogP contribution in [0.1, 0.15) is 42.2 Å². The van der Waals surface area contributed by atoms with Gasteiger partial charge in [-0.05, 0) is 30.4 Å². The van der Waals surface area contributed by atoms with Crippen molar-refractivity contribution in [2.75, 3.05) is 30.0 Å². The number of H-pyrrole nitrogens is 1. The number of amides is 1. The maximum atomic E-state index is 13.4. The van der Waals surface area contributed by atoms with Crippen molar-refractivity contribution in [1.82, 2.24) is 14.3 Å². The summed E-state index contributed by atoms with van der Waals surface area (Å²) >= 11 is 1.22. The molecular weight excluding hydrogens is 454 g/mol. The van der Waals surface area contributed by atoms with Crippen LogP contribution < -0.4 is 26.6 Å². The fourth-order valence-corrected chi connectivity index (χ4v) is 4.57. The zero-order valence-electron chi connectivity index (χ0n) is 19.0. The van der Waals surface area contributed by atoms with Gasteiger partial charge in [0.1, 0.15) is 5.82 Å². The largest absolute Gasteiger partial charge is 0.383 e. The maximum Gasteiger partial charge on any atom is 0.330 e. The summed E-state index contributed by atoms with van der Waals surface area (Å²) in [6, 6.07) is 3.40. The molecule has 0 radical (unpaired) electrons. The molecule has 0 aliphatic carbocycles. The third kappa shape index (κ3) is 6.78.